The van der Waals surface area contributed by atoms with Crippen molar-refractivity contribution < 1.29 is 9.47 Å². The van der Waals surface area contributed by atoms with Crippen LogP contribution in [0.1, 0.15) is 0 Å². The first-order valence-corrected chi connectivity index (χ1v) is 6.60. The number of imidazole rings is 1. The van der Waals surface area contributed by atoms with Gasteiger partial charge in [-0.1, -0.05) is 0 Å². The van der Waals surface area contributed by atoms with Crippen LogP contribution in [0.15, 0.2) is 6.33 Å². The molecule has 2 N–H and O–H groups in total. The third-order valence-electron chi connectivity index (χ3n) is 3.46. The Labute approximate surface area is 116 Å². The minimum atomic E-state index is 0.437. The van der Waals surface area contributed by atoms with E-state index in [4.69, 9.17) is 15.2 Å². The number of ether oxygens (including phenoxy) is 2. The van der Waals surface area contributed by atoms with Crippen molar-refractivity contribution in [3.8, 4) is 5.88 Å². The maximum Gasteiger partial charge on any atom is 0.245 e. The van der Waals surface area contributed by atoms with Gasteiger partial charge in [0.25, 0.3) is 0 Å². The lowest BCUT2D eigenvalue weighted by molar-refractivity contribution is 0.0366. The molecule has 0 atom stereocenters. The largest absolute Gasteiger partial charge is 0.479 e. The van der Waals surface area contributed by atoms with Crippen molar-refractivity contribution in [2.75, 3.05) is 45.7 Å². The van der Waals surface area contributed by atoms with Crippen molar-refractivity contribution >= 4 is 17.1 Å². The summed E-state index contributed by atoms with van der Waals surface area (Å²) in [5, 5.41) is 0. The van der Waals surface area contributed by atoms with Crippen molar-refractivity contribution in [3.05, 3.63) is 6.33 Å². The van der Waals surface area contributed by atoms with Crippen LogP contribution < -0.4 is 10.5 Å². The Morgan fingerprint density at radius 1 is 1.30 bits per heavy atom. The van der Waals surface area contributed by atoms with E-state index < -0.39 is 0 Å². The standard InChI is InChI=1S/C12H18N6O2/c1-19-11-9-10(14-8-15-11)18(12(13)16-9)3-2-17-4-6-20-7-5-17/h8H,2-7H2,1H3,(H2,13,16). The lowest BCUT2D eigenvalue weighted by Crippen LogP contribution is -2.38. The number of fused-ring (bicyclic) bond motifs is 1. The average Bonchev–Trinajstić information content (AvgIpc) is 2.81. The van der Waals surface area contributed by atoms with Gasteiger partial charge >= 0.3 is 0 Å². The molecule has 108 valence electrons. The summed E-state index contributed by atoms with van der Waals surface area (Å²) in [5.74, 6) is 0.888. The SMILES string of the molecule is COc1ncnc2c1nc(N)n2CCN1CCOCC1. The van der Waals surface area contributed by atoms with Crippen LogP contribution in [0.4, 0.5) is 5.95 Å². The molecule has 1 fully saturated rings. The molecule has 0 bridgehead atoms. The van der Waals surface area contributed by atoms with Gasteiger partial charge < -0.3 is 15.2 Å². The highest BCUT2D eigenvalue weighted by Crippen LogP contribution is 2.22. The summed E-state index contributed by atoms with van der Waals surface area (Å²) in [4.78, 5) is 14.9. The highest BCUT2D eigenvalue weighted by molar-refractivity contribution is 5.78. The van der Waals surface area contributed by atoms with Gasteiger partial charge in [-0.05, 0) is 0 Å². The molecule has 0 aliphatic carbocycles. The van der Waals surface area contributed by atoms with Gasteiger partial charge in [-0.15, -0.1) is 0 Å². The summed E-state index contributed by atoms with van der Waals surface area (Å²) < 4.78 is 12.4. The predicted octanol–water partition coefficient (Wildman–Crippen LogP) is -0.251. The van der Waals surface area contributed by atoms with Gasteiger partial charge in [0.15, 0.2) is 11.2 Å². The maximum absolute atomic E-state index is 5.98. The van der Waals surface area contributed by atoms with Gasteiger partial charge in [-0.2, -0.15) is 4.98 Å². The van der Waals surface area contributed by atoms with Crippen LogP contribution in [0.3, 0.4) is 0 Å². The van der Waals surface area contributed by atoms with Crippen LogP contribution in [0, 0.1) is 0 Å². The zero-order valence-corrected chi connectivity index (χ0v) is 11.4. The third kappa shape index (κ3) is 2.39. The molecular formula is C12H18N6O2. The second kappa shape index (κ2) is 5.59. The quantitative estimate of drug-likeness (QED) is 0.824. The number of hydrogen-bond donors (Lipinski definition) is 1. The molecule has 1 saturated heterocycles. The van der Waals surface area contributed by atoms with Gasteiger partial charge in [0.05, 0.1) is 20.3 Å². The third-order valence-corrected chi connectivity index (χ3v) is 3.46. The number of aromatic nitrogens is 4. The van der Waals surface area contributed by atoms with E-state index in [1.165, 1.54) is 6.33 Å². The van der Waals surface area contributed by atoms with Gasteiger partial charge in [-0.3, -0.25) is 9.47 Å². The Hall–Kier alpha value is -1.93. The van der Waals surface area contributed by atoms with Crippen molar-refractivity contribution in [2.45, 2.75) is 6.54 Å². The molecule has 1 aliphatic heterocycles. The number of hydrogen-bond acceptors (Lipinski definition) is 7. The molecule has 2 aromatic heterocycles. The van der Waals surface area contributed by atoms with Gasteiger partial charge in [-0.25, -0.2) is 9.97 Å². The van der Waals surface area contributed by atoms with E-state index in [0.717, 1.165) is 39.4 Å². The lowest BCUT2D eigenvalue weighted by Gasteiger charge is -2.26. The first-order chi connectivity index (χ1) is 9.79. The monoisotopic (exact) mass is 278 g/mol. The maximum atomic E-state index is 5.98. The lowest BCUT2D eigenvalue weighted by atomic mass is 10.4. The Balaban J connectivity index is 1.82. The zero-order valence-electron chi connectivity index (χ0n) is 11.4. The Morgan fingerprint density at radius 2 is 2.10 bits per heavy atom. The molecule has 8 nitrogen and oxygen atoms in total. The van der Waals surface area contributed by atoms with E-state index >= 15 is 0 Å². The van der Waals surface area contributed by atoms with Gasteiger partial charge in [0, 0.05) is 26.2 Å². The fraction of sp³-hybridized carbons (Fsp3) is 0.583. The number of methoxy groups -OCH3 is 1. The Bertz CT molecular complexity index is 593. The highest BCUT2D eigenvalue weighted by Gasteiger charge is 2.16. The number of nitrogen functional groups attached to an aromatic ring is 1. The average molecular weight is 278 g/mol. The first-order valence-electron chi connectivity index (χ1n) is 6.60. The minimum Gasteiger partial charge on any atom is -0.479 e. The second-order valence-electron chi connectivity index (χ2n) is 4.63. The predicted molar refractivity (Wildman–Crippen MR) is 73.5 cm³/mol. The minimum absolute atomic E-state index is 0.437. The molecule has 3 heterocycles. The Kier molecular flexibility index (Phi) is 3.66. The molecule has 2 aromatic rings. The molecule has 20 heavy (non-hydrogen) atoms. The van der Waals surface area contributed by atoms with E-state index in [2.05, 4.69) is 19.9 Å². The van der Waals surface area contributed by atoms with E-state index in [-0.39, 0.29) is 0 Å². The normalized spacial score (nSPS) is 16.6. The van der Waals surface area contributed by atoms with Gasteiger partial charge in [0.1, 0.15) is 6.33 Å². The summed E-state index contributed by atoms with van der Waals surface area (Å²) >= 11 is 0. The fourth-order valence-corrected chi connectivity index (χ4v) is 2.37. The summed E-state index contributed by atoms with van der Waals surface area (Å²) in [6.45, 7) is 5.11. The van der Waals surface area contributed by atoms with Crippen LogP contribution in [0.5, 0.6) is 5.88 Å². The summed E-state index contributed by atoms with van der Waals surface area (Å²) in [6.07, 6.45) is 1.47. The molecule has 0 aromatic carbocycles. The molecule has 0 amide bonds. The van der Waals surface area contributed by atoms with Crippen LogP contribution in [0.2, 0.25) is 0 Å². The molecule has 0 spiro atoms. The van der Waals surface area contributed by atoms with Gasteiger partial charge in [0.2, 0.25) is 11.8 Å². The Morgan fingerprint density at radius 3 is 2.85 bits per heavy atom. The molecular weight excluding hydrogens is 260 g/mol. The van der Waals surface area contributed by atoms with E-state index in [0.29, 0.717) is 23.0 Å². The molecule has 3 rings (SSSR count). The molecule has 0 radical (unpaired) electrons. The molecule has 0 saturated carbocycles. The van der Waals surface area contributed by atoms with Crippen molar-refractivity contribution in [2.24, 2.45) is 0 Å². The number of rotatable bonds is 4. The summed E-state index contributed by atoms with van der Waals surface area (Å²) in [6, 6.07) is 0. The van der Waals surface area contributed by atoms with Crippen LogP contribution in [-0.4, -0.2) is 64.4 Å². The van der Waals surface area contributed by atoms with Crippen LogP contribution in [0.25, 0.3) is 11.2 Å². The van der Waals surface area contributed by atoms with Crippen LogP contribution in [-0.2, 0) is 11.3 Å². The molecule has 8 heteroatoms. The topological polar surface area (TPSA) is 91.3 Å². The summed E-state index contributed by atoms with van der Waals surface area (Å²) in [7, 11) is 1.56. The van der Waals surface area contributed by atoms with Crippen molar-refractivity contribution in [3.63, 3.8) is 0 Å². The number of morpholine rings is 1. The number of anilines is 1. The number of nitrogens with two attached hydrogens (primary N) is 1. The highest BCUT2D eigenvalue weighted by atomic mass is 16.5. The number of nitrogens with zero attached hydrogens (tertiary/aromatic N) is 5. The molecule has 1 aliphatic rings. The zero-order chi connectivity index (χ0) is 13.9. The summed E-state index contributed by atoms with van der Waals surface area (Å²) in [5.41, 5.74) is 7.29. The molecule has 0 unspecified atom stereocenters. The van der Waals surface area contributed by atoms with E-state index in [1.54, 1.807) is 7.11 Å². The van der Waals surface area contributed by atoms with Crippen molar-refractivity contribution in [1.82, 2.24) is 24.4 Å². The van der Waals surface area contributed by atoms with E-state index in [9.17, 15) is 0 Å². The first kappa shape index (κ1) is 13.1. The second-order valence-corrected chi connectivity index (χ2v) is 4.63. The van der Waals surface area contributed by atoms with Crippen molar-refractivity contribution in [1.29, 1.82) is 0 Å². The van der Waals surface area contributed by atoms with E-state index in [1.807, 2.05) is 4.57 Å². The van der Waals surface area contributed by atoms with Crippen LogP contribution >= 0.6 is 0 Å². The smallest absolute Gasteiger partial charge is 0.245 e. The fourth-order valence-electron chi connectivity index (χ4n) is 2.37.